The summed E-state index contributed by atoms with van der Waals surface area (Å²) >= 11 is 0. The average molecular weight is 214 g/mol. The van der Waals surface area contributed by atoms with E-state index in [9.17, 15) is 4.21 Å². The predicted octanol–water partition coefficient (Wildman–Crippen LogP) is 1.36. The molecule has 1 atom stereocenters. The van der Waals surface area contributed by atoms with Gasteiger partial charge in [0.25, 0.3) is 0 Å². The lowest BCUT2D eigenvalue weighted by molar-refractivity contribution is 0.408. The fourth-order valence-corrected chi connectivity index (χ4v) is 1.55. The molecule has 78 valence electrons. The van der Waals surface area contributed by atoms with Gasteiger partial charge in [0, 0.05) is 6.26 Å². The standard InChI is InChI=1S/C9H14N2O2S/c1-4-7-5-9(11-14(3)12)10-6-8(7)13-2/h5-6H,4H2,1-3H3,(H,10,11). The summed E-state index contributed by atoms with van der Waals surface area (Å²) in [6, 6.07) is 1.85. The molecule has 5 heteroatoms. The van der Waals surface area contributed by atoms with Gasteiger partial charge in [-0.25, -0.2) is 9.19 Å². The number of nitrogens with zero attached hydrogens (tertiary/aromatic N) is 1. The molecule has 1 aromatic heterocycles. The van der Waals surface area contributed by atoms with E-state index in [2.05, 4.69) is 9.71 Å². The number of methoxy groups -OCH3 is 1. The number of ether oxygens (including phenoxy) is 1. The molecule has 0 saturated carbocycles. The molecule has 1 N–H and O–H groups in total. The molecule has 0 saturated heterocycles. The largest absolute Gasteiger partial charge is 0.495 e. The van der Waals surface area contributed by atoms with Crippen molar-refractivity contribution in [3.8, 4) is 5.75 Å². The monoisotopic (exact) mass is 214 g/mol. The van der Waals surface area contributed by atoms with E-state index in [0.717, 1.165) is 17.7 Å². The van der Waals surface area contributed by atoms with E-state index in [1.165, 1.54) is 0 Å². The smallest absolute Gasteiger partial charge is 0.140 e. The Morgan fingerprint density at radius 3 is 2.86 bits per heavy atom. The van der Waals surface area contributed by atoms with E-state index < -0.39 is 11.0 Å². The van der Waals surface area contributed by atoms with E-state index >= 15 is 0 Å². The number of aryl methyl sites for hydroxylation is 1. The second kappa shape index (κ2) is 4.95. The predicted molar refractivity (Wildman–Crippen MR) is 57.9 cm³/mol. The highest BCUT2D eigenvalue weighted by atomic mass is 32.2. The van der Waals surface area contributed by atoms with Crippen LogP contribution in [-0.4, -0.2) is 22.6 Å². The van der Waals surface area contributed by atoms with Crippen LogP contribution < -0.4 is 9.46 Å². The second-order valence-corrected chi connectivity index (χ2v) is 3.90. The maximum absolute atomic E-state index is 10.9. The third-order valence-electron chi connectivity index (χ3n) is 1.80. The molecule has 0 aliphatic heterocycles. The zero-order valence-corrected chi connectivity index (χ0v) is 9.35. The Bertz CT molecular complexity index is 342. The number of pyridine rings is 1. The Balaban J connectivity index is 2.95. The molecule has 1 heterocycles. The van der Waals surface area contributed by atoms with Gasteiger partial charge >= 0.3 is 0 Å². The number of rotatable bonds is 4. The van der Waals surface area contributed by atoms with Crippen LogP contribution in [0.1, 0.15) is 12.5 Å². The zero-order chi connectivity index (χ0) is 10.6. The molecule has 1 rings (SSSR count). The van der Waals surface area contributed by atoms with Crippen LogP contribution in [-0.2, 0) is 17.4 Å². The third-order valence-corrected chi connectivity index (χ3v) is 2.29. The Morgan fingerprint density at radius 2 is 2.36 bits per heavy atom. The molecule has 0 radical (unpaired) electrons. The molecule has 1 aromatic rings. The first-order valence-corrected chi connectivity index (χ1v) is 5.86. The van der Waals surface area contributed by atoms with Crippen molar-refractivity contribution in [1.29, 1.82) is 0 Å². The van der Waals surface area contributed by atoms with Gasteiger partial charge < -0.3 is 4.74 Å². The van der Waals surface area contributed by atoms with Crippen molar-refractivity contribution in [3.63, 3.8) is 0 Å². The molecule has 0 amide bonds. The lowest BCUT2D eigenvalue weighted by Gasteiger charge is -2.08. The number of nitrogens with one attached hydrogen (secondary N) is 1. The van der Waals surface area contributed by atoms with E-state index in [-0.39, 0.29) is 0 Å². The Morgan fingerprint density at radius 1 is 1.64 bits per heavy atom. The summed E-state index contributed by atoms with van der Waals surface area (Å²) in [5.41, 5.74) is 1.05. The number of hydrogen-bond acceptors (Lipinski definition) is 3. The van der Waals surface area contributed by atoms with Crippen molar-refractivity contribution >= 4 is 16.8 Å². The molecule has 0 aliphatic rings. The van der Waals surface area contributed by atoms with Gasteiger partial charge in [0.2, 0.25) is 0 Å². The normalized spacial score (nSPS) is 12.2. The van der Waals surface area contributed by atoms with Crippen LogP contribution in [0.2, 0.25) is 0 Å². The number of anilines is 1. The highest BCUT2D eigenvalue weighted by molar-refractivity contribution is 7.85. The molecule has 0 aliphatic carbocycles. The van der Waals surface area contributed by atoms with Crippen LogP contribution in [0.3, 0.4) is 0 Å². The minimum Gasteiger partial charge on any atom is -0.495 e. The van der Waals surface area contributed by atoms with Crippen molar-refractivity contribution in [1.82, 2.24) is 4.98 Å². The van der Waals surface area contributed by atoms with Crippen molar-refractivity contribution in [2.75, 3.05) is 18.1 Å². The van der Waals surface area contributed by atoms with Gasteiger partial charge in [0.05, 0.1) is 13.3 Å². The van der Waals surface area contributed by atoms with Crippen molar-refractivity contribution < 1.29 is 8.95 Å². The van der Waals surface area contributed by atoms with Crippen molar-refractivity contribution in [3.05, 3.63) is 17.8 Å². The lowest BCUT2D eigenvalue weighted by Crippen LogP contribution is -2.04. The summed E-state index contributed by atoms with van der Waals surface area (Å²) in [5.74, 6) is 1.38. The average Bonchev–Trinajstić information content (AvgIpc) is 2.16. The first kappa shape index (κ1) is 11.0. The summed E-state index contributed by atoms with van der Waals surface area (Å²) in [7, 11) is 0.524. The molecule has 4 nitrogen and oxygen atoms in total. The zero-order valence-electron chi connectivity index (χ0n) is 8.53. The molecule has 1 unspecified atom stereocenters. The lowest BCUT2D eigenvalue weighted by atomic mass is 10.2. The summed E-state index contributed by atoms with van der Waals surface area (Å²) in [6.07, 6.45) is 4.06. The Hall–Kier alpha value is -1.10. The third kappa shape index (κ3) is 2.70. The fraction of sp³-hybridized carbons (Fsp3) is 0.444. The molecule has 0 fully saturated rings. The molecular weight excluding hydrogens is 200 g/mol. The number of hydrogen-bond donors (Lipinski definition) is 1. The van der Waals surface area contributed by atoms with E-state index in [0.29, 0.717) is 5.82 Å². The van der Waals surface area contributed by atoms with Crippen LogP contribution >= 0.6 is 0 Å². The minimum atomic E-state index is -1.09. The summed E-state index contributed by atoms with van der Waals surface area (Å²) in [5, 5.41) is 0. The van der Waals surface area contributed by atoms with Gasteiger partial charge in [-0.05, 0) is 18.1 Å². The van der Waals surface area contributed by atoms with Crippen LogP contribution in [0.15, 0.2) is 12.3 Å². The fourth-order valence-electron chi connectivity index (χ4n) is 1.15. The van der Waals surface area contributed by atoms with Gasteiger partial charge in [-0.2, -0.15) is 0 Å². The molecule has 14 heavy (non-hydrogen) atoms. The van der Waals surface area contributed by atoms with Crippen LogP contribution in [0, 0.1) is 0 Å². The maximum Gasteiger partial charge on any atom is 0.140 e. The van der Waals surface area contributed by atoms with Crippen molar-refractivity contribution in [2.45, 2.75) is 13.3 Å². The van der Waals surface area contributed by atoms with Gasteiger partial charge in [-0.15, -0.1) is 0 Å². The highest BCUT2D eigenvalue weighted by Crippen LogP contribution is 2.20. The molecule has 0 bridgehead atoms. The summed E-state index contributed by atoms with van der Waals surface area (Å²) in [4.78, 5) is 4.07. The first-order valence-electron chi connectivity index (χ1n) is 4.30. The van der Waals surface area contributed by atoms with Crippen LogP contribution in [0.4, 0.5) is 5.82 Å². The minimum absolute atomic E-state index is 0.614. The van der Waals surface area contributed by atoms with Crippen LogP contribution in [0.25, 0.3) is 0 Å². The summed E-state index contributed by atoms with van der Waals surface area (Å²) in [6.45, 7) is 2.03. The van der Waals surface area contributed by atoms with Crippen molar-refractivity contribution in [2.24, 2.45) is 0 Å². The Labute approximate surface area is 86.3 Å². The van der Waals surface area contributed by atoms with E-state index in [1.807, 2.05) is 13.0 Å². The van der Waals surface area contributed by atoms with Gasteiger partial charge in [0.15, 0.2) is 0 Å². The first-order chi connectivity index (χ1) is 6.67. The van der Waals surface area contributed by atoms with E-state index in [1.54, 1.807) is 19.6 Å². The maximum atomic E-state index is 10.9. The molecular formula is C9H14N2O2S. The molecule has 0 aromatic carbocycles. The summed E-state index contributed by atoms with van der Waals surface area (Å²) < 4.78 is 18.8. The highest BCUT2D eigenvalue weighted by Gasteiger charge is 2.03. The SMILES string of the molecule is CCc1cc(NS(C)=O)ncc1OC. The Kier molecular flexibility index (Phi) is 3.88. The number of aromatic nitrogens is 1. The molecule has 0 spiro atoms. The topological polar surface area (TPSA) is 51.2 Å². The van der Waals surface area contributed by atoms with Gasteiger partial charge in [-0.1, -0.05) is 6.92 Å². The quantitative estimate of drug-likeness (QED) is 0.823. The van der Waals surface area contributed by atoms with Gasteiger partial charge in [-0.3, -0.25) is 4.72 Å². The van der Waals surface area contributed by atoms with E-state index in [4.69, 9.17) is 4.74 Å². The van der Waals surface area contributed by atoms with Crippen LogP contribution in [0.5, 0.6) is 5.75 Å². The second-order valence-electron chi connectivity index (χ2n) is 2.79. The van der Waals surface area contributed by atoms with Gasteiger partial charge in [0.1, 0.15) is 22.6 Å².